The highest BCUT2D eigenvalue weighted by Crippen LogP contribution is 2.06. The average molecular weight is 135 g/mol. The lowest BCUT2D eigenvalue weighted by molar-refractivity contribution is 0.225. The fraction of sp³-hybridized carbons (Fsp3) is 0. The second-order valence-corrected chi connectivity index (χ2v) is 1.96. The van der Waals surface area contributed by atoms with Gasteiger partial charge in [-0.15, -0.1) is 0 Å². The Labute approximate surface area is 59.8 Å². The predicted octanol–water partition coefficient (Wildman–Crippen LogP) is 1.64. The van der Waals surface area contributed by atoms with Crippen molar-refractivity contribution in [2.75, 3.05) is 0 Å². The number of rotatable bonds is 2. The summed E-state index contributed by atoms with van der Waals surface area (Å²) >= 11 is 0. The summed E-state index contributed by atoms with van der Waals surface area (Å²) in [5.41, 5.74) is 3.39. The molecule has 0 aliphatic rings. The molecule has 2 heteroatoms. The molecule has 0 aliphatic heterocycles. The summed E-state index contributed by atoms with van der Waals surface area (Å²) < 4.78 is 0. The Kier molecular flexibility index (Phi) is 2.07. The molecule has 2 nitrogen and oxygen atoms in total. The van der Waals surface area contributed by atoms with Gasteiger partial charge >= 0.3 is 0 Å². The maximum atomic E-state index is 8.44. The largest absolute Gasteiger partial charge is 0.291 e. The Morgan fingerprint density at radius 1 is 1.30 bits per heavy atom. The molecule has 52 valence electrons. The third-order valence-electron chi connectivity index (χ3n) is 1.26. The molecule has 10 heavy (non-hydrogen) atoms. The van der Waals surface area contributed by atoms with Crippen molar-refractivity contribution >= 4 is 5.70 Å². The Morgan fingerprint density at radius 3 is 2.40 bits per heavy atom. The number of hydroxylamine groups is 1. The fourth-order valence-electron chi connectivity index (χ4n) is 0.704. The molecule has 2 N–H and O–H groups in total. The average Bonchev–Trinajstić information content (AvgIpc) is 2.05. The van der Waals surface area contributed by atoms with E-state index in [4.69, 9.17) is 5.21 Å². The van der Waals surface area contributed by atoms with Crippen molar-refractivity contribution in [2.24, 2.45) is 0 Å². The van der Waals surface area contributed by atoms with Crippen molar-refractivity contribution in [2.45, 2.75) is 0 Å². The molecule has 1 aromatic carbocycles. The molecular weight excluding hydrogens is 126 g/mol. The van der Waals surface area contributed by atoms with Crippen molar-refractivity contribution in [1.82, 2.24) is 5.48 Å². The highest BCUT2D eigenvalue weighted by molar-refractivity contribution is 5.60. The highest BCUT2D eigenvalue weighted by Gasteiger charge is 1.91. The fourth-order valence-corrected chi connectivity index (χ4v) is 0.704. The van der Waals surface area contributed by atoms with E-state index in [0.29, 0.717) is 5.70 Å². The van der Waals surface area contributed by atoms with E-state index in [1.54, 1.807) is 0 Å². The van der Waals surface area contributed by atoms with Crippen LogP contribution in [0.15, 0.2) is 36.9 Å². The predicted molar refractivity (Wildman–Crippen MR) is 40.4 cm³/mol. The van der Waals surface area contributed by atoms with Crippen LogP contribution in [0, 0.1) is 0 Å². The van der Waals surface area contributed by atoms with Crippen LogP contribution in [0.25, 0.3) is 5.70 Å². The van der Waals surface area contributed by atoms with Crippen molar-refractivity contribution < 1.29 is 5.21 Å². The van der Waals surface area contributed by atoms with E-state index in [2.05, 4.69) is 6.58 Å². The van der Waals surface area contributed by atoms with E-state index in [9.17, 15) is 0 Å². The van der Waals surface area contributed by atoms with Gasteiger partial charge in [0.25, 0.3) is 0 Å². The molecule has 0 amide bonds. The van der Waals surface area contributed by atoms with E-state index in [1.807, 2.05) is 35.8 Å². The first-order valence-electron chi connectivity index (χ1n) is 2.99. The van der Waals surface area contributed by atoms with Crippen LogP contribution in [0.3, 0.4) is 0 Å². The number of nitrogens with one attached hydrogen (secondary N) is 1. The Hall–Kier alpha value is -1.28. The van der Waals surface area contributed by atoms with E-state index in [-0.39, 0.29) is 0 Å². The summed E-state index contributed by atoms with van der Waals surface area (Å²) in [6.07, 6.45) is 0. The molecule has 0 fully saturated rings. The van der Waals surface area contributed by atoms with Crippen molar-refractivity contribution in [3.8, 4) is 0 Å². The smallest absolute Gasteiger partial charge is 0.0602 e. The minimum absolute atomic E-state index is 0.514. The molecule has 0 radical (unpaired) electrons. The SMILES string of the molecule is C=C(NO)c1ccccc1. The van der Waals surface area contributed by atoms with Gasteiger partial charge in [-0.05, 0) is 5.56 Å². The molecule has 0 aliphatic carbocycles. The summed E-state index contributed by atoms with van der Waals surface area (Å²) in [6.45, 7) is 3.58. The molecule has 1 rings (SSSR count). The Morgan fingerprint density at radius 2 is 1.90 bits per heavy atom. The molecule has 0 spiro atoms. The van der Waals surface area contributed by atoms with Gasteiger partial charge in [-0.25, -0.2) is 0 Å². The quantitative estimate of drug-likeness (QED) is 0.604. The van der Waals surface area contributed by atoms with Gasteiger partial charge in [-0.2, -0.15) is 0 Å². The highest BCUT2D eigenvalue weighted by atomic mass is 16.5. The second kappa shape index (κ2) is 3.03. The van der Waals surface area contributed by atoms with Crippen molar-refractivity contribution in [3.63, 3.8) is 0 Å². The maximum absolute atomic E-state index is 8.44. The summed E-state index contributed by atoms with van der Waals surface area (Å²) in [6, 6.07) is 9.42. The van der Waals surface area contributed by atoms with E-state index >= 15 is 0 Å². The van der Waals surface area contributed by atoms with Crippen molar-refractivity contribution in [1.29, 1.82) is 0 Å². The zero-order valence-corrected chi connectivity index (χ0v) is 5.54. The second-order valence-electron chi connectivity index (χ2n) is 1.96. The lowest BCUT2D eigenvalue weighted by Gasteiger charge is -2.00. The summed E-state index contributed by atoms with van der Waals surface area (Å²) in [5.74, 6) is 0. The first kappa shape index (κ1) is 6.83. The first-order chi connectivity index (χ1) is 4.84. The normalized spacial score (nSPS) is 8.90. The monoisotopic (exact) mass is 135 g/mol. The van der Waals surface area contributed by atoms with Crippen LogP contribution >= 0.6 is 0 Å². The lowest BCUT2D eigenvalue weighted by Crippen LogP contribution is -2.03. The maximum Gasteiger partial charge on any atom is 0.0602 e. The minimum Gasteiger partial charge on any atom is -0.291 e. The van der Waals surface area contributed by atoms with Crippen LogP contribution in [0.5, 0.6) is 0 Å². The van der Waals surface area contributed by atoms with Gasteiger partial charge in [-0.1, -0.05) is 36.9 Å². The third kappa shape index (κ3) is 1.36. The van der Waals surface area contributed by atoms with Crippen LogP contribution in [-0.2, 0) is 0 Å². The molecule has 0 aromatic heterocycles. The molecule has 0 heterocycles. The van der Waals surface area contributed by atoms with Crippen LogP contribution in [0.2, 0.25) is 0 Å². The third-order valence-corrected chi connectivity index (χ3v) is 1.26. The number of benzene rings is 1. The Balaban J connectivity index is 2.85. The first-order valence-corrected chi connectivity index (χ1v) is 2.99. The standard InChI is InChI=1S/C8H9NO/c1-7(9-10)8-5-3-2-4-6-8/h2-6,9-10H,1H2. The molecule has 1 aromatic rings. The molecule has 0 bridgehead atoms. The van der Waals surface area contributed by atoms with Gasteiger partial charge in [0.05, 0.1) is 5.70 Å². The van der Waals surface area contributed by atoms with Gasteiger partial charge < -0.3 is 0 Å². The molecular formula is C8H9NO. The van der Waals surface area contributed by atoms with Gasteiger partial charge in [-0.3, -0.25) is 10.7 Å². The summed E-state index contributed by atoms with van der Waals surface area (Å²) in [5, 5.41) is 8.44. The van der Waals surface area contributed by atoms with E-state index in [1.165, 1.54) is 0 Å². The zero-order chi connectivity index (χ0) is 7.40. The van der Waals surface area contributed by atoms with Gasteiger partial charge in [0, 0.05) is 0 Å². The summed E-state index contributed by atoms with van der Waals surface area (Å²) in [7, 11) is 0. The van der Waals surface area contributed by atoms with Crippen LogP contribution in [0.1, 0.15) is 5.56 Å². The Bertz CT molecular complexity index is 218. The molecule has 0 atom stereocenters. The lowest BCUT2D eigenvalue weighted by atomic mass is 10.2. The molecule has 0 saturated carbocycles. The van der Waals surface area contributed by atoms with E-state index in [0.717, 1.165) is 5.56 Å². The van der Waals surface area contributed by atoms with Crippen LogP contribution in [0.4, 0.5) is 0 Å². The molecule has 0 saturated heterocycles. The zero-order valence-electron chi connectivity index (χ0n) is 5.54. The van der Waals surface area contributed by atoms with Crippen molar-refractivity contribution in [3.05, 3.63) is 42.5 Å². The minimum atomic E-state index is 0.514. The topological polar surface area (TPSA) is 32.3 Å². The van der Waals surface area contributed by atoms with Gasteiger partial charge in [0.1, 0.15) is 0 Å². The van der Waals surface area contributed by atoms with Gasteiger partial charge in [0.15, 0.2) is 0 Å². The van der Waals surface area contributed by atoms with Crippen LogP contribution in [-0.4, -0.2) is 5.21 Å². The van der Waals surface area contributed by atoms with Crippen LogP contribution < -0.4 is 5.48 Å². The van der Waals surface area contributed by atoms with Gasteiger partial charge in [0.2, 0.25) is 0 Å². The van der Waals surface area contributed by atoms with E-state index < -0.39 is 0 Å². The summed E-state index contributed by atoms with van der Waals surface area (Å²) in [4.78, 5) is 0. The molecule has 0 unspecified atom stereocenters. The number of hydrogen-bond acceptors (Lipinski definition) is 2. The number of hydrogen-bond donors (Lipinski definition) is 2.